The molecule has 0 radical (unpaired) electrons. The predicted octanol–water partition coefficient (Wildman–Crippen LogP) is 4.72. The minimum atomic E-state index is -1.02. The molecular formula is C23H33NO. The van der Waals surface area contributed by atoms with Crippen LogP contribution < -0.4 is 0 Å². The first-order valence-electron chi connectivity index (χ1n) is 10.2. The highest BCUT2D eigenvalue weighted by Gasteiger charge is 2.50. The second kappa shape index (κ2) is 8.39. The lowest BCUT2D eigenvalue weighted by molar-refractivity contribution is -0.0422. The Labute approximate surface area is 153 Å². The van der Waals surface area contributed by atoms with Crippen molar-refractivity contribution in [2.75, 3.05) is 19.6 Å². The summed E-state index contributed by atoms with van der Waals surface area (Å²) >= 11 is 0. The maximum Gasteiger partial charge on any atom is 0.156 e. The molecule has 0 bridgehead atoms. The van der Waals surface area contributed by atoms with Crippen LogP contribution in [0, 0.1) is 17.3 Å². The van der Waals surface area contributed by atoms with Crippen molar-refractivity contribution in [3.05, 3.63) is 35.9 Å². The molecule has 1 saturated carbocycles. The van der Waals surface area contributed by atoms with Gasteiger partial charge in [-0.05, 0) is 50.8 Å². The van der Waals surface area contributed by atoms with Crippen molar-refractivity contribution in [1.29, 1.82) is 0 Å². The van der Waals surface area contributed by atoms with E-state index < -0.39 is 5.60 Å². The van der Waals surface area contributed by atoms with Crippen molar-refractivity contribution in [3.8, 4) is 11.8 Å². The summed E-state index contributed by atoms with van der Waals surface area (Å²) in [5.74, 6) is 6.76. The third-order valence-electron chi connectivity index (χ3n) is 6.47. The molecule has 1 aliphatic carbocycles. The van der Waals surface area contributed by atoms with Gasteiger partial charge in [-0.1, -0.05) is 74.8 Å². The fraction of sp³-hybridized carbons (Fsp3) is 0.652. The molecule has 1 N–H and O–H groups in total. The third kappa shape index (κ3) is 3.94. The van der Waals surface area contributed by atoms with Crippen LogP contribution in [0.1, 0.15) is 70.3 Å². The van der Waals surface area contributed by atoms with Gasteiger partial charge in [0.1, 0.15) is 0 Å². The number of hydrogen-bond acceptors (Lipinski definition) is 2. The fourth-order valence-electron chi connectivity index (χ4n) is 4.79. The van der Waals surface area contributed by atoms with Crippen LogP contribution in [0.4, 0.5) is 0 Å². The Hall–Kier alpha value is -1.30. The Balaban J connectivity index is 1.86. The molecule has 0 aromatic heterocycles. The summed E-state index contributed by atoms with van der Waals surface area (Å²) in [6.45, 7) is 5.30. The topological polar surface area (TPSA) is 23.5 Å². The van der Waals surface area contributed by atoms with Crippen LogP contribution in [0.15, 0.2) is 30.3 Å². The average Bonchev–Trinajstić information content (AvgIpc) is 3.01. The number of benzene rings is 1. The molecule has 1 aromatic carbocycles. The van der Waals surface area contributed by atoms with Crippen molar-refractivity contribution in [2.24, 2.45) is 5.41 Å². The fourth-order valence-corrected chi connectivity index (χ4v) is 4.79. The van der Waals surface area contributed by atoms with Crippen molar-refractivity contribution in [3.63, 3.8) is 0 Å². The van der Waals surface area contributed by atoms with Crippen LogP contribution >= 0.6 is 0 Å². The molecule has 0 unspecified atom stereocenters. The second-order valence-corrected chi connectivity index (χ2v) is 7.91. The maximum atomic E-state index is 11.8. The van der Waals surface area contributed by atoms with E-state index in [0.717, 1.165) is 44.5 Å². The summed E-state index contributed by atoms with van der Waals surface area (Å²) in [7, 11) is 0. The molecule has 2 aliphatic rings. The van der Waals surface area contributed by atoms with Crippen LogP contribution in [0.25, 0.3) is 0 Å². The van der Waals surface area contributed by atoms with Gasteiger partial charge in [0, 0.05) is 5.41 Å². The first kappa shape index (κ1) is 18.5. The Bertz CT molecular complexity index is 586. The smallest absolute Gasteiger partial charge is 0.156 e. The van der Waals surface area contributed by atoms with Gasteiger partial charge in [-0.15, -0.1) is 0 Å². The largest absolute Gasteiger partial charge is 0.373 e. The summed E-state index contributed by atoms with van der Waals surface area (Å²) in [6, 6.07) is 10.2. The van der Waals surface area contributed by atoms with Crippen molar-refractivity contribution < 1.29 is 5.11 Å². The van der Waals surface area contributed by atoms with Gasteiger partial charge in [0.15, 0.2) is 5.60 Å². The Kier molecular flexibility index (Phi) is 6.20. The molecule has 0 amide bonds. The normalized spacial score (nSPS) is 23.3. The molecule has 25 heavy (non-hydrogen) atoms. The van der Waals surface area contributed by atoms with Crippen LogP contribution in [-0.4, -0.2) is 29.6 Å². The highest BCUT2D eigenvalue weighted by Crippen LogP contribution is 2.53. The molecule has 1 atom stereocenters. The van der Waals surface area contributed by atoms with Crippen LogP contribution in [-0.2, 0) is 5.60 Å². The maximum absolute atomic E-state index is 11.8. The molecule has 0 spiro atoms. The number of rotatable bonds is 4. The van der Waals surface area contributed by atoms with Gasteiger partial charge in [0.05, 0.1) is 6.54 Å². The molecule has 1 saturated heterocycles. The summed E-state index contributed by atoms with van der Waals surface area (Å²) in [4.78, 5) is 2.46. The van der Waals surface area contributed by atoms with Crippen molar-refractivity contribution >= 4 is 0 Å². The number of likely N-dealkylation sites (tertiary alicyclic amines) is 1. The summed E-state index contributed by atoms with van der Waals surface area (Å²) in [6.07, 6.45) is 10.8. The van der Waals surface area contributed by atoms with E-state index in [4.69, 9.17) is 0 Å². The lowest BCUT2D eigenvalue weighted by Gasteiger charge is -2.42. The molecule has 2 nitrogen and oxygen atoms in total. The zero-order chi connectivity index (χ0) is 17.6. The van der Waals surface area contributed by atoms with E-state index >= 15 is 0 Å². The first-order valence-corrected chi connectivity index (χ1v) is 10.2. The average molecular weight is 340 g/mol. The molecule has 1 aliphatic heterocycles. The van der Waals surface area contributed by atoms with E-state index in [2.05, 4.69) is 35.8 Å². The molecular weight excluding hydrogens is 306 g/mol. The lowest BCUT2D eigenvalue weighted by Crippen LogP contribution is -2.43. The van der Waals surface area contributed by atoms with Crippen molar-refractivity contribution in [1.82, 2.24) is 4.90 Å². The van der Waals surface area contributed by atoms with Gasteiger partial charge < -0.3 is 5.11 Å². The van der Waals surface area contributed by atoms with E-state index in [9.17, 15) is 5.11 Å². The SMILES string of the molecule is CCC1([C@@](O)(C#CCN2CCCCCC2)c2ccccc2)CCCC1. The van der Waals surface area contributed by atoms with Crippen LogP contribution in [0.5, 0.6) is 0 Å². The first-order chi connectivity index (χ1) is 12.2. The van der Waals surface area contributed by atoms with Gasteiger partial charge in [0.25, 0.3) is 0 Å². The summed E-state index contributed by atoms with van der Waals surface area (Å²) < 4.78 is 0. The number of hydrogen-bond donors (Lipinski definition) is 1. The monoisotopic (exact) mass is 339 g/mol. The molecule has 2 fully saturated rings. The van der Waals surface area contributed by atoms with Crippen molar-refractivity contribution in [2.45, 2.75) is 70.3 Å². The van der Waals surface area contributed by atoms with Gasteiger partial charge in [0.2, 0.25) is 0 Å². The zero-order valence-electron chi connectivity index (χ0n) is 15.8. The zero-order valence-corrected chi connectivity index (χ0v) is 15.8. The lowest BCUT2D eigenvalue weighted by atomic mass is 9.65. The molecule has 2 heteroatoms. The minimum Gasteiger partial charge on any atom is -0.373 e. The number of nitrogens with zero attached hydrogens (tertiary/aromatic N) is 1. The molecule has 3 rings (SSSR count). The van der Waals surface area contributed by atoms with E-state index in [0.29, 0.717) is 0 Å². The van der Waals surface area contributed by atoms with Crippen LogP contribution in [0.3, 0.4) is 0 Å². The van der Waals surface area contributed by atoms with E-state index in [1.54, 1.807) is 0 Å². The molecule has 1 aromatic rings. The standard InChI is InChI=1S/C23H33NO/c1-2-22(15-8-9-16-22)23(25,21-13-6-5-7-14-21)17-12-20-24-18-10-3-4-11-19-24/h5-7,13-14,25H,2-4,8-11,15-16,18-20H2,1H3/t23-/m1/s1. The Morgan fingerprint density at radius 1 is 1.00 bits per heavy atom. The van der Waals surface area contributed by atoms with E-state index in [1.165, 1.54) is 38.5 Å². The van der Waals surface area contributed by atoms with Gasteiger partial charge >= 0.3 is 0 Å². The van der Waals surface area contributed by atoms with Gasteiger partial charge in [-0.25, -0.2) is 0 Å². The van der Waals surface area contributed by atoms with E-state index in [-0.39, 0.29) is 5.41 Å². The quantitative estimate of drug-likeness (QED) is 0.802. The Morgan fingerprint density at radius 2 is 1.64 bits per heavy atom. The molecule has 1 heterocycles. The van der Waals surface area contributed by atoms with Crippen LogP contribution in [0.2, 0.25) is 0 Å². The number of aliphatic hydroxyl groups is 1. The Morgan fingerprint density at radius 3 is 2.24 bits per heavy atom. The highest BCUT2D eigenvalue weighted by atomic mass is 16.3. The second-order valence-electron chi connectivity index (χ2n) is 7.91. The van der Waals surface area contributed by atoms with E-state index in [1.807, 2.05) is 18.2 Å². The van der Waals surface area contributed by atoms with Gasteiger partial charge in [-0.2, -0.15) is 0 Å². The summed E-state index contributed by atoms with van der Waals surface area (Å²) in [5, 5.41) is 11.8. The molecule has 136 valence electrons. The summed E-state index contributed by atoms with van der Waals surface area (Å²) in [5.41, 5.74) is -0.145. The predicted molar refractivity (Wildman–Crippen MR) is 104 cm³/mol. The third-order valence-corrected chi connectivity index (χ3v) is 6.47. The minimum absolute atomic E-state index is 0.0971. The van der Waals surface area contributed by atoms with Gasteiger partial charge in [-0.3, -0.25) is 4.90 Å². The highest BCUT2D eigenvalue weighted by molar-refractivity contribution is 5.36.